The lowest BCUT2D eigenvalue weighted by Crippen LogP contribution is -2.38. The Bertz CT molecular complexity index is 1000. The molecule has 1 heterocycles. The number of Topliss-reactive ketones (excluding diaryl/α,β-unsaturated/α-hetero) is 1. The van der Waals surface area contributed by atoms with Crippen molar-refractivity contribution in [2.24, 2.45) is 0 Å². The molecule has 0 aromatic heterocycles. The number of hydrogen-bond acceptors (Lipinski definition) is 5. The number of hydrogen-bond donors (Lipinski definition) is 0. The topological polar surface area (TPSA) is 69.7 Å². The van der Waals surface area contributed by atoms with Crippen LogP contribution in [0.25, 0.3) is 0 Å². The van der Waals surface area contributed by atoms with Crippen molar-refractivity contribution >= 4 is 15.9 Å². The molecule has 0 amide bonds. The van der Waals surface area contributed by atoms with Gasteiger partial charge >= 0.3 is 15.6 Å². The predicted octanol–water partition coefficient (Wildman–Crippen LogP) is 4.27. The Balaban J connectivity index is 1.83. The summed E-state index contributed by atoms with van der Waals surface area (Å²) < 4.78 is 70.6. The van der Waals surface area contributed by atoms with E-state index in [0.717, 1.165) is 11.6 Å². The lowest BCUT2D eigenvalue weighted by molar-refractivity contribution is -0.0500. The minimum Gasteiger partial charge on any atom is -0.487 e. The average molecular weight is 414 g/mol. The first-order valence-corrected chi connectivity index (χ1v) is 9.81. The van der Waals surface area contributed by atoms with Gasteiger partial charge in [-0.15, -0.1) is 0 Å². The van der Waals surface area contributed by atoms with E-state index in [2.05, 4.69) is 4.18 Å². The van der Waals surface area contributed by atoms with Crippen molar-refractivity contribution in [3.05, 3.63) is 59.7 Å². The van der Waals surface area contributed by atoms with Crippen LogP contribution in [0.1, 0.15) is 35.7 Å². The Labute approximate surface area is 160 Å². The van der Waals surface area contributed by atoms with Crippen LogP contribution >= 0.6 is 0 Å². The molecule has 0 saturated carbocycles. The van der Waals surface area contributed by atoms with Crippen molar-refractivity contribution in [2.45, 2.75) is 37.3 Å². The fourth-order valence-electron chi connectivity index (χ4n) is 3.02. The van der Waals surface area contributed by atoms with E-state index in [0.29, 0.717) is 18.6 Å². The van der Waals surface area contributed by atoms with E-state index in [1.807, 2.05) is 12.1 Å². The van der Waals surface area contributed by atoms with Crippen molar-refractivity contribution in [3.63, 3.8) is 0 Å². The molecule has 0 radical (unpaired) electrons. The molecule has 3 rings (SSSR count). The van der Waals surface area contributed by atoms with Crippen LogP contribution in [-0.4, -0.2) is 25.3 Å². The summed E-state index contributed by atoms with van der Waals surface area (Å²) in [6, 6.07) is 12.3. The van der Waals surface area contributed by atoms with E-state index in [9.17, 15) is 26.4 Å². The quantitative estimate of drug-likeness (QED) is 0.415. The Kier molecular flexibility index (Phi) is 5.14. The molecule has 2 aromatic carbocycles. The molecule has 1 aliphatic heterocycles. The van der Waals surface area contributed by atoms with Crippen molar-refractivity contribution in [1.29, 1.82) is 0 Å². The fourth-order valence-corrected chi connectivity index (χ4v) is 3.50. The molecule has 5 nitrogen and oxygen atoms in total. The van der Waals surface area contributed by atoms with E-state index in [1.54, 1.807) is 19.1 Å². The molecule has 0 N–H and O–H groups in total. The van der Waals surface area contributed by atoms with Gasteiger partial charge in [-0.05, 0) is 43.5 Å². The minimum absolute atomic E-state index is 0.145. The number of alkyl halides is 3. The van der Waals surface area contributed by atoms with E-state index >= 15 is 0 Å². The molecule has 0 bridgehead atoms. The number of para-hydroxylation sites is 2. The molecular formula is C19H17F3O5S. The van der Waals surface area contributed by atoms with E-state index < -0.39 is 32.8 Å². The molecule has 1 unspecified atom stereocenters. The second kappa shape index (κ2) is 7.12. The Morgan fingerprint density at radius 2 is 1.79 bits per heavy atom. The van der Waals surface area contributed by atoms with E-state index in [4.69, 9.17) is 4.74 Å². The molecule has 2 aromatic rings. The van der Waals surface area contributed by atoms with Crippen LogP contribution in [0, 0.1) is 0 Å². The Hall–Kier alpha value is -2.55. The van der Waals surface area contributed by atoms with Gasteiger partial charge in [0.25, 0.3) is 0 Å². The van der Waals surface area contributed by atoms with Crippen LogP contribution in [0.2, 0.25) is 0 Å². The molecule has 28 heavy (non-hydrogen) atoms. The fraction of sp³-hybridized carbons (Fsp3) is 0.316. The highest BCUT2D eigenvalue weighted by Gasteiger charge is 2.49. The van der Waals surface area contributed by atoms with Crippen LogP contribution in [-0.2, 0) is 16.5 Å². The highest BCUT2D eigenvalue weighted by atomic mass is 32.2. The van der Waals surface area contributed by atoms with Gasteiger partial charge in [-0.3, -0.25) is 4.79 Å². The lowest BCUT2D eigenvalue weighted by atomic mass is 9.87. The first-order valence-electron chi connectivity index (χ1n) is 8.41. The van der Waals surface area contributed by atoms with Gasteiger partial charge in [0, 0.05) is 0 Å². The standard InChI is InChI=1S/C19H17F3O5S/c1-18(11-10-13-6-2-4-8-16(13)26-18)12-15(23)14-7-3-5-9-17(14)27-28(24,25)19(20,21)22/h2-9H,10-12H2,1H3. The zero-order valence-corrected chi connectivity index (χ0v) is 15.6. The first-order chi connectivity index (χ1) is 13.0. The highest BCUT2D eigenvalue weighted by molar-refractivity contribution is 7.88. The number of carbonyl (C=O) groups is 1. The molecule has 0 saturated heterocycles. The van der Waals surface area contributed by atoms with Gasteiger partial charge in [-0.2, -0.15) is 21.6 Å². The predicted molar refractivity (Wildman–Crippen MR) is 94.8 cm³/mol. The van der Waals surface area contributed by atoms with Crippen LogP contribution < -0.4 is 8.92 Å². The largest absolute Gasteiger partial charge is 0.534 e. The average Bonchev–Trinajstić information content (AvgIpc) is 2.60. The van der Waals surface area contributed by atoms with Crippen molar-refractivity contribution < 1.29 is 35.3 Å². The molecule has 0 fully saturated rings. The monoisotopic (exact) mass is 414 g/mol. The number of ketones is 1. The van der Waals surface area contributed by atoms with Crippen LogP contribution in [0.15, 0.2) is 48.5 Å². The number of aryl methyl sites for hydroxylation is 1. The third kappa shape index (κ3) is 4.14. The van der Waals surface area contributed by atoms with Crippen molar-refractivity contribution in [3.8, 4) is 11.5 Å². The molecule has 1 aliphatic rings. The zero-order valence-electron chi connectivity index (χ0n) is 14.8. The van der Waals surface area contributed by atoms with Gasteiger partial charge < -0.3 is 8.92 Å². The van der Waals surface area contributed by atoms with Gasteiger partial charge in [0.15, 0.2) is 11.5 Å². The van der Waals surface area contributed by atoms with Crippen LogP contribution in [0.5, 0.6) is 11.5 Å². The summed E-state index contributed by atoms with van der Waals surface area (Å²) >= 11 is 0. The van der Waals surface area contributed by atoms with Crippen LogP contribution in [0.3, 0.4) is 0 Å². The molecule has 1 atom stereocenters. The lowest BCUT2D eigenvalue weighted by Gasteiger charge is -2.35. The third-order valence-corrected chi connectivity index (χ3v) is 5.42. The SMILES string of the molecule is CC1(CC(=O)c2ccccc2OS(=O)(=O)C(F)(F)F)CCc2ccccc2O1. The summed E-state index contributed by atoms with van der Waals surface area (Å²) in [4.78, 5) is 12.8. The number of fused-ring (bicyclic) bond motifs is 1. The maximum atomic E-state index is 12.8. The number of ether oxygens (including phenoxy) is 1. The molecule has 150 valence electrons. The summed E-state index contributed by atoms with van der Waals surface area (Å²) in [5.41, 5.74) is -5.71. The highest BCUT2D eigenvalue weighted by Crippen LogP contribution is 2.36. The third-order valence-electron chi connectivity index (χ3n) is 4.46. The number of rotatable bonds is 5. The molecule has 0 spiro atoms. The smallest absolute Gasteiger partial charge is 0.487 e. The summed E-state index contributed by atoms with van der Waals surface area (Å²) in [7, 11) is -5.88. The van der Waals surface area contributed by atoms with Crippen LogP contribution in [0.4, 0.5) is 13.2 Å². The molecule has 9 heteroatoms. The maximum Gasteiger partial charge on any atom is 0.534 e. The second-order valence-corrected chi connectivity index (χ2v) is 8.28. The normalized spacial score (nSPS) is 19.4. The first kappa shape index (κ1) is 20.2. The minimum atomic E-state index is -5.88. The van der Waals surface area contributed by atoms with Gasteiger partial charge in [0.1, 0.15) is 11.4 Å². The summed E-state index contributed by atoms with van der Waals surface area (Å²) in [5.74, 6) is -0.590. The van der Waals surface area contributed by atoms with Gasteiger partial charge in [0.05, 0.1) is 12.0 Å². The molecule has 0 aliphatic carbocycles. The molecular weight excluding hydrogens is 397 g/mol. The zero-order chi connectivity index (χ0) is 20.6. The van der Waals surface area contributed by atoms with E-state index in [1.165, 1.54) is 18.2 Å². The Morgan fingerprint density at radius 3 is 2.50 bits per heavy atom. The summed E-state index contributed by atoms with van der Waals surface area (Å²) in [5, 5.41) is 0. The number of carbonyl (C=O) groups excluding carboxylic acids is 1. The van der Waals surface area contributed by atoms with E-state index in [-0.39, 0.29) is 12.0 Å². The van der Waals surface area contributed by atoms with Crippen molar-refractivity contribution in [2.75, 3.05) is 0 Å². The second-order valence-electron chi connectivity index (χ2n) is 6.74. The van der Waals surface area contributed by atoms with Gasteiger partial charge in [-0.25, -0.2) is 0 Å². The van der Waals surface area contributed by atoms with Crippen molar-refractivity contribution in [1.82, 2.24) is 0 Å². The van der Waals surface area contributed by atoms with Gasteiger partial charge in [0.2, 0.25) is 0 Å². The van der Waals surface area contributed by atoms with Gasteiger partial charge in [-0.1, -0.05) is 30.3 Å². The summed E-state index contributed by atoms with van der Waals surface area (Å²) in [6.07, 6.45) is 1.06. The maximum absolute atomic E-state index is 12.8. The number of benzene rings is 2. The summed E-state index contributed by atoms with van der Waals surface area (Å²) in [6.45, 7) is 1.73. The Morgan fingerprint density at radius 1 is 1.14 bits per heavy atom. The number of halogens is 3.